The number of ether oxygens (including phenoxy) is 1. The predicted molar refractivity (Wildman–Crippen MR) is 82.2 cm³/mol. The van der Waals surface area contributed by atoms with Gasteiger partial charge in [-0.2, -0.15) is 0 Å². The third kappa shape index (κ3) is 6.03. The average molecular weight is 332 g/mol. The fourth-order valence-corrected chi connectivity index (χ4v) is 2.41. The maximum Gasteiger partial charge on any atom is 0.0588 e. The van der Waals surface area contributed by atoms with Gasteiger partial charge < -0.3 is 4.74 Å². The lowest BCUT2D eigenvalue weighted by atomic mass is 10.0. The highest BCUT2D eigenvalue weighted by Gasteiger charge is 2.08. The summed E-state index contributed by atoms with van der Waals surface area (Å²) in [6, 6.07) is 8.20. The molecule has 0 amide bonds. The highest BCUT2D eigenvalue weighted by atomic mass is 79.9. The van der Waals surface area contributed by atoms with Crippen molar-refractivity contribution in [1.82, 2.24) is 0 Å². The number of methoxy groups -OCH3 is 1. The van der Waals surface area contributed by atoms with E-state index in [4.69, 9.17) is 16.3 Å². The summed E-state index contributed by atoms with van der Waals surface area (Å²) in [5.74, 6) is 0. The molecule has 1 unspecified atom stereocenters. The SMILES string of the molecule is COCCC=C(C)CCC(Cl)c1cccc(Br)c1. The van der Waals surface area contributed by atoms with Crippen LogP contribution < -0.4 is 0 Å². The van der Waals surface area contributed by atoms with E-state index in [9.17, 15) is 0 Å². The van der Waals surface area contributed by atoms with Crippen LogP contribution in [0.15, 0.2) is 40.4 Å². The molecule has 18 heavy (non-hydrogen) atoms. The zero-order valence-electron chi connectivity index (χ0n) is 11.0. The molecular weight excluding hydrogens is 312 g/mol. The normalized spacial score (nSPS) is 13.7. The minimum atomic E-state index is 0.0771. The summed E-state index contributed by atoms with van der Waals surface area (Å²) >= 11 is 9.88. The molecule has 0 aromatic heterocycles. The van der Waals surface area contributed by atoms with E-state index in [1.807, 2.05) is 12.1 Å². The second-order valence-corrected chi connectivity index (χ2v) is 5.84. The first kappa shape index (κ1) is 15.7. The second kappa shape index (κ2) is 8.73. The van der Waals surface area contributed by atoms with Gasteiger partial charge in [0.15, 0.2) is 0 Å². The predicted octanol–water partition coefficient (Wildman–Crippen LogP) is 5.49. The van der Waals surface area contributed by atoms with Crippen molar-refractivity contribution >= 4 is 27.5 Å². The highest BCUT2D eigenvalue weighted by Crippen LogP contribution is 2.28. The van der Waals surface area contributed by atoms with Crippen LogP contribution in [0.5, 0.6) is 0 Å². The Balaban J connectivity index is 2.41. The van der Waals surface area contributed by atoms with Crippen molar-refractivity contribution in [3.05, 3.63) is 46.0 Å². The first-order valence-corrected chi connectivity index (χ1v) is 7.40. The Labute approximate surface area is 123 Å². The number of halogens is 2. The molecule has 0 bridgehead atoms. The van der Waals surface area contributed by atoms with Crippen molar-refractivity contribution in [2.45, 2.75) is 31.6 Å². The van der Waals surface area contributed by atoms with E-state index in [2.05, 4.69) is 41.1 Å². The summed E-state index contributed by atoms with van der Waals surface area (Å²) in [7, 11) is 1.73. The van der Waals surface area contributed by atoms with E-state index in [1.54, 1.807) is 7.11 Å². The summed E-state index contributed by atoms with van der Waals surface area (Å²) in [5.41, 5.74) is 2.56. The van der Waals surface area contributed by atoms with Crippen LogP contribution in [0.3, 0.4) is 0 Å². The Hall–Kier alpha value is -0.310. The lowest BCUT2D eigenvalue weighted by Crippen LogP contribution is -1.92. The molecule has 0 saturated carbocycles. The number of alkyl halides is 1. The quantitative estimate of drug-likeness (QED) is 0.364. The van der Waals surface area contributed by atoms with Crippen molar-refractivity contribution in [2.75, 3.05) is 13.7 Å². The first-order valence-electron chi connectivity index (χ1n) is 6.17. The van der Waals surface area contributed by atoms with Crippen LogP contribution in [-0.4, -0.2) is 13.7 Å². The third-order valence-electron chi connectivity index (χ3n) is 2.82. The smallest absolute Gasteiger partial charge is 0.0588 e. The number of rotatable bonds is 7. The Morgan fingerprint density at radius 3 is 2.94 bits per heavy atom. The largest absolute Gasteiger partial charge is 0.384 e. The molecule has 0 heterocycles. The molecule has 1 nitrogen and oxygen atoms in total. The minimum Gasteiger partial charge on any atom is -0.384 e. The van der Waals surface area contributed by atoms with Crippen LogP contribution in [0.4, 0.5) is 0 Å². The Morgan fingerprint density at radius 2 is 2.28 bits per heavy atom. The standard InChI is InChI=1S/C15H20BrClO/c1-12(5-4-10-18-2)8-9-15(17)13-6-3-7-14(16)11-13/h3,5-7,11,15H,4,8-10H2,1-2H3. The Kier molecular flexibility index (Phi) is 7.64. The topological polar surface area (TPSA) is 9.23 Å². The van der Waals surface area contributed by atoms with Crippen LogP contribution in [-0.2, 0) is 4.74 Å². The van der Waals surface area contributed by atoms with Gasteiger partial charge in [0.05, 0.1) is 5.38 Å². The van der Waals surface area contributed by atoms with Crippen LogP contribution in [0, 0.1) is 0 Å². The molecule has 1 aromatic carbocycles. The van der Waals surface area contributed by atoms with Gasteiger partial charge in [-0.3, -0.25) is 0 Å². The van der Waals surface area contributed by atoms with Crippen LogP contribution in [0.1, 0.15) is 37.1 Å². The average Bonchev–Trinajstić information content (AvgIpc) is 2.36. The summed E-state index contributed by atoms with van der Waals surface area (Å²) in [4.78, 5) is 0. The third-order valence-corrected chi connectivity index (χ3v) is 3.78. The number of allylic oxidation sites excluding steroid dienone is 1. The fraction of sp³-hybridized carbons (Fsp3) is 0.467. The van der Waals surface area contributed by atoms with Gasteiger partial charge in [0.2, 0.25) is 0 Å². The van der Waals surface area contributed by atoms with Gasteiger partial charge in [0.1, 0.15) is 0 Å². The van der Waals surface area contributed by atoms with E-state index < -0.39 is 0 Å². The highest BCUT2D eigenvalue weighted by molar-refractivity contribution is 9.10. The molecule has 0 spiro atoms. The zero-order chi connectivity index (χ0) is 13.4. The molecule has 1 aromatic rings. The van der Waals surface area contributed by atoms with Gasteiger partial charge in [-0.15, -0.1) is 11.6 Å². The van der Waals surface area contributed by atoms with Gasteiger partial charge in [0, 0.05) is 18.2 Å². The minimum absolute atomic E-state index is 0.0771. The van der Waals surface area contributed by atoms with E-state index in [-0.39, 0.29) is 5.38 Å². The molecule has 1 rings (SSSR count). The molecule has 0 aliphatic rings. The van der Waals surface area contributed by atoms with E-state index >= 15 is 0 Å². The molecule has 0 aliphatic heterocycles. The maximum atomic E-state index is 6.41. The second-order valence-electron chi connectivity index (χ2n) is 4.39. The van der Waals surface area contributed by atoms with Crippen molar-refractivity contribution in [3.63, 3.8) is 0 Å². The molecule has 0 aliphatic carbocycles. The summed E-state index contributed by atoms with van der Waals surface area (Å²) in [6.45, 7) is 2.94. The summed E-state index contributed by atoms with van der Waals surface area (Å²) < 4.78 is 6.11. The molecule has 0 saturated heterocycles. The Bertz CT molecular complexity index is 390. The molecule has 0 radical (unpaired) electrons. The number of hydrogen-bond acceptors (Lipinski definition) is 1. The van der Waals surface area contributed by atoms with Crippen molar-refractivity contribution < 1.29 is 4.74 Å². The van der Waals surface area contributed by atoms with Crippen molar-refractivity contribution in [1.29, 1.82) is 0 Å². The number of benzene rings is 1. The van der Waals surface area contributed by atoms with Crippen LogP contribution in [0.2, 0.25) is 0 Å². The fourth-order valence-electron chi connectivity index (χ4n) is 1.75. The first-order chi connectivity index (χ1) is 8.63. The Morgan fingerprint density at radius 1 is 1.50 bits per heavy atom. The lowest BCUT2D eigenvalue weighted by molar-refractivity contribution is 0.204. The molecule has 3 heteroatoms. The van der Waals surface area contributed by atoms with Gasteiger partial charge in [-0.25, -0.2) is 0 Å². The summed E-state index contributed by atoms with van der Waals surface area (Å²) in [5, 5.41) is 0.0771. The zero-order valence-corrected chi connectivity index (χ0v) is 13.3. The number of hydrogen-bond donors (Lipinski definition) is 0. The van der Waals surface area contributed by atoms with Gasteiger partial charge in [-0.1, -0.05) is 39.7 Å². The molecular formula is C15H20BrClO. The van der Waals surface area contributed by atoms with Gasteiger partial charge >= 0.3 is 0 Å². The molecule has 100 valence electrons. The molecule has 1 atom stereocenters. The molecule has 0 N–H and O–H groups in total. The van der Waals surface area contributed by atoms with E-state index in [0.717, 1.165) is 30.3 Å². The van der Waals surface area contributed by atoms with Crippen molar-refractivity contribution in [3.8, 4) is 0 Å². The van der Waals surface area contributed by atoms with Gasteiger partial charge in [-0.05, 0) is 43.9 Å². The monoisotopic (exact) mass is 330 g/mol. The van der Waals surface area contributed by atoms with Crippen LogP contribution in [0.25, 0.3) is 0 Å². The van der Waals surface area contributed by atoms with Crippen molar-refractivity contribution in [2.24, 2.45) is 0 Å². The lowest BCUT2D eigenvalue weighted by Gasteiger charge is -2.10. The van der Waals surface area contributed by atoms with Crippen LogP contribution >= 0.6 is 27.5 Å². The maximum absolute atomic E-state index is 6.41. The van der Waals surface area contributed by atoms with E-state index in [0.29, 0.717) is 0 Å². The van der Waals surface area contributed by atoms with E-state index in [1.165, 1.54) is 11.1 Å². The summed E-state index contributed by atoms with van der Waals surface area (Å²) in [6.07, 6.45) is 5.21. The molecule has 0 fully saturated rings. The van der Waals surface area contributed by atoms with Gasteiger partial charge in [0.25, 0.3) is 0 Å².